The van der Waals surface area contributed by atoms with Crippen LogP contribution in [-0.2, 0) is 13.0 Å². The van der Waals surface area contributed by atoms with Crippen molar-refractivity contribution >= 4 is 15.9 Å². The van der Waals surface area contributed by atoms with E-state index in [1.807, 2.05) is 24.0 Å². The predicted octanol–water partition coefficient (Wildman–Crippen LogP) is 2.31. The number of nitrogens with zero attached hydrogens (tertiary/aromatic N) is 3. The van der Waals surface area contributed by atoms with Crippen molar-refractivity contribution in [1.82, 2.24) is 20.3 Å². The number of aryl methyl sites for hydroxylation is 1. The number of benzene rings is 1. The maximum Gasteiger partial charge on any atom is 0.0969 e. The zero-order chi connectivity index (χ0) is 12.3. The summed E-state index contributed by atoms with van der Waals surface area (Å²) in [6, 6.07) is 6.20. The van der Waals surface area contributed by atoms with Crippen LogP contribution in [0.1, 0.15) is 18.2 Å². The summed E-state index contributed by atoms with van der Waals surface area (Å²) >= 11 is 3.48. The smallest absolute Gasteiger partial charge is 0.0969 e. The van der Waals surface area contributed by atoms with Crippen LogP contribution < -0.4 is 5.32 Å². The van der Waals surface area contributed by atoms with Crippen LogP contribution in [0.15, 0.2) is 28.9 Å². The molecule has 4 nitrogen and oxygen atoms in total. The first-order valence-corrected chi connectivity index (χ1v) is 6.38. The summed E-state index contributed by atoms with van der Waals surface area (Å²) in [5.74, 6) is 0. The SMILES string of the molecule is CCc1cc(Br)ccc1-n1cc(CNC)nn1. The Morgan fingerprint density at radius 2 is 2.24 bits per heavy atom. The Balaban J connectivity index is 2.37. The van der Waals surface area contributed by atoms with Crippen molar-refractivity contribution in [3.63, 3.8) is 0 Å². The van der Waals surface area contributed by atoms with Gasteiger partial charge in [0.1, 0.15) is 0 Å². The van der Waals surface area contributed by atoms with Gasteiger partial charge in [0.05, 0.1) is 17.6 Å². The molecule has 2 aromatic rings. The van der Waals surface area contributed by atoms with Crippen LogP contribution in [0.25, 0.3) is 5.69 Å². The summed E-state index contributed by atoms with van der Waals surface area (Å²) in [4.78, 5) is 0. The average molecular weight is 295 g/mol. The molecule has 0 amide bonds. The molecule has 0 spiro atoms. The first-order valence-electron chi connectivity index (χ1n) is 5.59. The largest absolute Gasteiger partial charge is 0.314 e. The molecule has 5 heteroatoms. The molecule has 0 fully saturated rings. The lowest BCUT2D eigenvalue weighted by atomic mass is 10.1. The van der Waals surface area contributed by atoms with Gasteiger partial charge in [-0.3, -0.25) is 0 Å². The first kappa shape index (κ1) is 12.3. The Labute approximate surface area is 109 Å². The van der Waals surface area contributed by atoms with Gasteiger partial charge in [-0.15, -0.1) is 5.10 Å². The summed E-state index contributed by atoms with van der Waals surface area (Å²) in [5.41, 5.74) is 3.28. The Hall–Kier alpha value is -1.20. The van der Waals surface area contributed by atoms with Crippen LogP contribution in [0.4, 0.5) is 0 Å². The minimum absolute atomic E-state index is 0.734. The van der Waals surface area contributed by atoms with Gasteiger partial charge in [0.2, 0.25) is 0 Å². The van der Waals surface area contributed by atoms with Crippen LogP contribution in [0.2, 0.25) is 0 Å². The molecule has 0 aliphatic heterocycles. The highest BCUT2D eigenvalue weighted by Gasteiger charge is 2.06. The summed E-state index contributed by atoms with van der Waals surface area (Å²) < 4.78 is 2.92. The van der Waals surface area contributed by atoms with Gasteiger partial charge in [0, 0.05) is 11.0 Å². The molecule has 0 radical (unpaired) electrons. The molecule has 2 rings (SSSR count). The van der Waals surface area contributed by atoms with E-state index in [4.69, 9.17) is 0 Å². The van der Waals surface area contributed by atoms with E-state index in [2.05, 4.69) is 50.6 Å². The minimum atomic E-state index is 0.734. The van der Waals surface area contributed by atoms with Crippen molar-refractivity contribution in [2.45, 2.75) is 19.9 Å². The van der Waals surface area contributed by atoms with Gasteiger partial charge < -0.3 is 5.32 Å². The molecule has 0 atom stereocenters. The van der Waals surface area contributed by atoms with E-state index in [1.54, 1.807) is 0 Å². The molecule has 0 aliphatic carbocycles. The molecule has 0 aliphatic rings. The Kier molecular flexibility index (Phi) is 3.91. The fourth-order valence-electron chi connectivity index (χ4n) is 1.74. The Morgan fingerprint density at radius 3 is 2.94 bits per heavy atom. The van der Waals surface area contributed by atoms with Crippen molar-refractivity contribution < 1.29 is 0 Å². The van der Waals surface area contributed by atoms with E-state index in [-0.39, 0.29) is 0 Å². The second kappa shape index (κ2) is 5.42. The lowest BCUT2D eigenvalue weighted by Gasteiger charge is -2.07. The molecule has 0 bridgehead atoms. The minimum Gasteiger partial charge on any atom is -0.314 e. The van der Waals surface area contributed by atoms with Gasteiger partial charge in [-0.05, 0) is 37.2 Å². The number of halogens is 1. The molecule has 90 valence electrons. The van der Waals surface area contributed by atoms with E-state index < -0.39 is 0 Å². The second-order valence-corrected chi connectivity index (χ2v) is 4.73. The predicted molar refractivity (Wildman–Crippen MR) is 71.2 cm³/mol. The number of nitrogens with one attached hydrogen (secondary N) is 1. The van der Waals surface area contributed by atoms with E-state index in [0.717, 1.165) is 28.8 Å². The lowest BCUT2D eigenvalue weighted by molar-refractivity contribution is 0.764. The molecule has 17 heavy (non-hydrogen) atoms. The maximum absolute atomic E-state index is 4.15. The van der Waals surface area contributed by atoms with Gasteiger partial charge in [-0.2, -0.15) is 0 Å². The van der Waals surface area contributed by atoms with Crippen molar-refractivity contribution in [3.05, 3.63) is 40.1 Å². The Bertz CT molecular complexity index is 507. The standard InChI is InChI=1S/C12H15BrN4/c1-3-9-6-10(13)4-5-12(9)17-8-11(7-14-2)15-16-17/h4-6,8,14H,3,7H2,1-2H3. The summed E-state index contributed by atoms with van der Waals surface area (Å²) in [7, 11) is 1.90. The molecule has 1 aromatic heterocycles. The highest BCUT2D eigenvalue weighted by atomic mass is 79.9. The topological polar surface area (TPSA) is 42.7 Å². The van der Waals surface area contributed by atoms with Crippen LogP contribution >= 0.6 is 15.9 Å². The molecule has 0 saturated heterocycles. The molecule has 0 saturated carbocycles. The highest BCUT2D eigenvalue weighted by Crippen LogP contribution is 2.20. The third-order valence-electron chi connectivity index (χ3n) is 2.57. The zero-order valence-electron chi connectivity index (χ0n) is 9.94. The van der Waals surface area contributed by atoms with Crippen LogP contribution in [0.5, 0.6) is 0 Å². The fourth-order valence-corrected chi connectivity index (χ4v) is 2.15. The van der Waals surface area contributed by atoms with E-state index in [1.165, 1.54) is 5.56 Å². The lowest BCUT2D eigenvalue weighted by Crippen LogP contribution is -2.05. The Morgan fingerprint density at radius 1 is 1.41 bits per heavy atom. The third-order valence-corrected chi connectivity index (χ3v) is 3.06. The summed E-state index contributed by atoms with van der Waals surface area (Å²) in [6.45, 7) is 2.87. The molecule has 1 N–H and O–H groups in total. The van der Waals surface area contributed by atoms with Crippen molar-refractivity contribution in [2.75, 3.05) is 7.05 Å². The van der Waals surface area contributed by atoms with Gasteiger partial charge in [0.25, 0.3) is 0 Å². The molecule has 1 heterocycles. The third kappa shape index (κ3) is 2.73. The molecule has 1 aromatic carbocycles. The van der Waals surface area contributed by atoms with E-state index >= 15 is 0 Å². The monoisotopic (exact) mass is 294 g/mol. The maximum atomic E-state index is 4.15. The first-order chi connectivity index (χ1) is 8.24. The quantitative estimate of drug-likeness (QED) is 0.941. The molecule has 0 unspecified atom stereocenters. The van der Waals surface area contributed by atoms with Crippen LogP contribution in [0, 0.1) is 0 Å². The number of hydrogen-bond donors (Lipinski definition) is 1. The fraction of sp³-hybridized carbons (Fsp3) is 0.333. The number of hydrogen-bond acceptors (Lipinski definition) is 3. The van der Waals surface area contributed by atoms with Gasteiger partial charge in [0.15, 0.2) is 0 Å². The summed E-state index contributed by atoms with van der Waals surface area (Å²) in [6.07, 6.45) is 2.93. The zero-order valence-corrected chi connectivity index (χ0v) is 11.5. The highest BCUT2D eigenvalue weighted by molar-refractivity contribution is 9.10. The van der Waals surface area contributed by atoms with Gasteiger partial charge in [-0.25, -0.2) is 4.68 Å². The average Bonchev–Trinajstić information content (AvgIpc) is 2.78. The normalized spacial score (nSPS) is 10.8. The molecular formula is C12H15BrN4. The summed E-state index contributed by atoms with van der Waals surface area (Å²) in [5, 5.41) is 11.3. The van der Waals surface area contributed by atoms with Crippen molar-refractivity contribution in [1.29, 1.82) is 0 Å². The number of aromatic nitrogens is 3. The number of rotatable bonds is 4. The van der Waals surface area contributed by atoms with E-state index in [0.29, 0.717) is 0 Å². The molecular weight excluding hydrogens is 280 g/mol. The van der Waals surface area contributed by atoms with E-state index in [9.17, 15) is 0 Å². The second-order valence-electron chi connectivity index (χ2n) is 3.81. The van der Waals surface area contributed by atoms with Gasteiger partial charge >= 0.3 is 0 Å². The van der Waals surface area contributed by atoms with Crippen molar-refractivity contribution in [2.24, 2.45) is 0 Å². The van der Waals surface area contributed by atoms with Crippen molar-refractivity contribution in [3.8, 4) is 5.69 Å². The van der Waals surface area contributed by atoms with Crippen LogP contribution in [-0.4, -0.2) is 22.0 Å². The van der Waals surface area contributed by atoms with Crippen LogP contribution in [0.3, 0.4) is 0 Å². The van der Waals surface area contributed by atoms with Gasteiger partial charge in [-0.1, -0.05) is 28.1 Å².